The molecule has 3 aromatic carbocycles. The summed E-state index contributed by atoms with van der Waals surface area (Å²) in [5, 5.41) is 7.15. The minimum absolute atomic E-state index is 0.137. The van der Waals surface area contributed by atoms with Crippen LogP contribution in [0.1, 0.15) is 46.8 Å². The molecule has 0 saturated heterocycles. The average molecular weight is 513 g/mol. The fourth-order valence-corrected chi connectivity index (χ4v) is 5.52. The summed E-state index contributed by atoms with van der Waals surface area (Å²) in [4.78, 5) is 18.0. The molecule has 2 atom stereocenters. The molecule has 0 radical (unpaired) electrons. The largest absolute Gasteiger partial charge is 0.378 e. The maximum atomic E-state index is 13.8. The summed E-state index contributed by atoms with van der Waals surface area (Å²) in [5.41, 5.74) is 7.23. The Morgan fingerprint density at radius 2 is 1.54 bits per heavy atom. The first-order valence-corrected chi connectivity index (χ1v) is 13.1. The molecule has 0 bridgehead atoms. The van der Waals surface area contributed by atoms with Gasteiger partial charge in [0, 0.05) is 45.5 Å². The highest BCUT2D eigenvalue weighted by Crippen LogP contribution is 2.45. The first-order valence-electron chi connectivity index (χ1n) is 12.8. The van der Waals surface area contributed by atoms with Gasteiger partial charge in [0.25, 0.3) is 5.91 Å². The number of nitrogens with zero attached hydrogens (tertiary/aromatic N) is 4. The third kappa shape index (κ3) is 5.01. The lowest BCUT2D eigenvalue weighted by molar-refractivity contribution is 0.0681. The first-order chi connectivity index (χ1) is 17.8. The number of fused-ring (bicyclic) bond motifs is 1. The molecular formula is C31H33ClN4O. The number of hydrogen-bond acceptors (Lipinski definition) is 4. The van der Waals surface area contributed by atoms with E-state index in [4.69, 9.17) is 16.7 Å². The third-order valence-electron chi connectivity index (χ3n) is 7.32. The van der Waals surface area contributed by atoms with E-state index in [-0.39, 0.29) is 17.9 Å². The standard InChI is InChI=1S/C31H33ClN4O/c1-34(2)24-16-12-21(13-17-24)20-23-8-7-10-27-29(23)33-36(31(37)26-9-5-6-11-28(26)32)30(27)22-14-18-25(19-15-22)35(3)4/h5-6,9,11-20,27,30H,7-8,10H2,1-4H3/b23-20+/t27-,30-/m0/s1. The van der Waals surface area contributed by atoms with Crippen molar-refractivity contribution in [2.75, 3.05) is 38.0 Å². The summed E-state index contributed by atoms with van der Waals surface area (Å²) < 4.78 is 0. The predicted octanol–water partition coefficient (Wildman–Crippen LogP) is 6.91. The molecule has 190 valence electrons. The third-order valence-corrected chi connectivity index (χ3v) is 7.64. The maximum Gasteiger partial charge on any atom is 0.276 e. The number of carbonyl (C=O) groups is 1. The van der Waals surface area contributed by atoms with Crippen LogP contribution in [0.4, 0.5) is 11.4 Å². The quantitative estimate of drug-likeness (QED) is 0.373. The fraction of sp³-hybridized carbons (Fsp3) is 0.290. The lowest BCUT2D eigenvalue weighted by Gasteiger charge is -2.30. The van der Waals surface area contributed by atoms with Crippen LogP contribution in [-0.4, -0.2) is 44.8 Å². The Kier molecular flexibility index (Phi) is 7.07. The van der Waals surface area contributed by atoms with Gasteiger partial charge in [-0.2, -0.15) is 5.10 Å². The molecule has 0 aromatic heterocycles. The number of hydrogen-bond donors (Lipinski definition) is 0. The molecule has 5 rings (SSSR count). The van der Waals surface area contributed by atoms with Gasteiger partial charge in [-0.05, 0) is 78.4 Å². The predicted molar refractivity (Wildman–Crippen MR) is 155 cm³/mol. The molecule has 1 amide bonds. The van der Waals surface area contributed by atoms with Gasteiger partial charge in [-0.3, -0.25) is 4.79 Å². The Morgan fingerprint density at radius 1 is 0.919 bits per heavy atom. The van der Waals surface area contributed by atoms with Gasteiger partial charge in [-0.1, -0.05) is 48.0 Å². The Bertz CT molecular complexity index is 1340. The zero-order valence-electron chi connectivity index (χ0n) is 21.9. The molecule has 6 heteroatoms. The van der Waals surface area contributed by atoms with Crippen molar-refractivity contribution in [2.24, 2.45) is 11.0 Å². The summed E-state index contributed by atoms with van der Waals surface area (Å²) in [6.45, 7) is 0. The molecule has 3 aromatic rings. The Balaban J connectivity index is 1.55. The average Bonchev–Trinajstić information content (AvgIpc) is 3.29. The summed E-state index contributed by atoms with van der Waals surface area (Å²) in [7, 11) is 8.15. The van der Waals surface area contributed by atoms with Crippen LogP contribution in [0.2, 0.25) is 5.02 Å². The number of hydrazone groups is 1. The Morgan fingerprint density at radius 3 is 2.16 bits per heavy atom. The first kappa shape index (κ1) is 25.1. The maximum absolute atomic E-state index is 13.8. The van der Waals surface area contributed by atoms with Crippen molar-refractivity contribution in [1.29, 1.82) is 0 Å². The molecule has 37 heavy (non-hydrogen) atoms. The van der Waals surface area contributed by atoms with Crippen LogP contribution in [0, 0.1) is 5.92 Å². The van der Waals surface area contributed by atoms with Crippen LogP contribution in [0.5, 0.6) is 0 Å². The smallest absolute Gasteiger partial charge is 0.276 e. The second-order valence-electron chi connectivity index (χ2n) is 10.2. The van der Waals surface area contributed by atoms with Gasteiger partial charge in [-0.25, -0.2) is 5.01 Å². The second-order valence-corrected chi connectivity index (χ2v) is 10.6. The van der Waals surface area contributed by atoms with Crippen LogP contribution in [0.15, 0.2) is 83.5 Å². The Labute approximate surface area is 224 Å². The van der Waals surface area contributed by atoms with E-state index in [0.29, 0.717) is 10.6 Å². The van der Waals surface area contributed by atoms with E-state index in [2.05, 4.69) is 64.4 Å². The van der Waals surface area contributed by atoms with E-state index in [1.54, 1.807) is 17.1 Å². The SMILES string of the molecule is CN(C)c1ccc(/C=C2\CCC[C@H]3C2=NN(C(=O)c2ccccc2Cl)[C@H]3c2ccc(N(C)C)cc2)cc1. The molecular weight excluding hydrogens is 480 g/mol. The van der Waals surface area contributed by atoms with Crippen LogP contribution in [0.3, 0.4) is 0 Å². The fourth-order valence-electron chi connectivity index (χ4n) is 5.30. The van der Waals surface area contributed by atoms with Gasteiger partial charge < -0.3 is 9.80 Å². The topological polar surface area (TPSA) is 39.1 Å². The van der Waals surface area contributed by atoms with Crippen molar-refractivity contribution >= 4 is 40.7 Å². The number of halogens is 1. The van der Waals surface area contributed by atoms with Crippen molar-refractivity contribution in [3.8, 4) is 0 Å². The monoisotopic (exact) mass is 512 g/mol. The number of amides is 1. The molecule has 1 aliphatic carbocycles. The van der Waals surface area contributed by atoms with Gasteiger partial charge in [0.1, 0.15) is 0 Å². The van der Waals surface area contributed by atoms with Gasteiger partial charge in [0.2, 0.25) is 0 Å². The van der Waals surface area contributed by atoms with Gasteiger partial charge in [0.05, 0.1) is 22.3 Å². The van der Waals surface area contributed by atoms with Crippen molar-refractivity contribution < 1.29 is 4.79 Å². The van der Waals surface area contributed by atoms with Crippen molar-refractivity contribution in [2.45, 2.75) is 25.3 Å². The summed E-state index contributed by atoms with van der Waals surface area (Å²) in [5.74, 6) is -0.0263. The number of allylic oxidation sites excluding steroid dienone is 1. The van der Waals surface area contributed by atoms with Crippen molar-refractivity contribution in [3.63, 3.8) is 0 Å². The number of anilines is 2. The number of rotatable bonds is 5. The zero-order valence-corrected chi connectivity index (χ0v) is 22.6. The normalized spacial score (nSPS) is 20.0. The van der Waals surface area contributed by atoms with Gasteiger partial charge >= 0.3 is 0 Å². The Hall–Kier alpha value is -3.57. The van der Waals surface area contributed by atoms with Crippen molar-refractivity contribution in [1.82, 2.24) is 5.01 Å². The lowest BCUT2D eigenvalue weighted by atomic mass is 9.77. The molecule has 5 nitrogen and oxygen atoms in total. The number of benzene rings is 3. The van der Waals surface area contributed by atoms with Gasteiger partial charge in [-0.15, -0.1) is 0 Å². The van der Waals surface area contributed by atoms with Crippen LogP contribution in [0.25, 0.3) is 6.08 Å². The minimum atomic E-state index is -0.171. The highest BCUT2D eigenvalue weighted by atomic mass is 35.5. The van der Waals surface area contributed by atoms with E-state index in [1.807, 2.05) is 40.3 Å². The van der Waals surface area contributed by atoms with E-state index in [0.717, 1.165) is 41.8 Å². The van der Waals surface area contributed by atoms with Crippen LogP contribution in [-0.2, 0) is 0 Å². The van der Waals surface area contributed by atoms with Gasteiger partial charge in [0.15, 0.2) is 0 Å². The van der Waals surface area contributed by atoms with Crippen LogP contribution < -0.4 is 9.80 Å². The summed E-state index contributed by atoms with van der Waals surface area (Å²) in [6, 6.07) is 24.1. The molecule has 1 fully saturated rings. The van der Waals surface area contributed by atoms with Crippen LogP contribution >= 0.6 is 11.6 Å². The number of carbonyl (C=O) groups excluding carboxylic acids is 1. The molecule has 0 spiro atoms. The van der Waals surface area contributed by atoms with E-state index in [9.17, 15) is 4.79 Å². The summed E-state index contributed by atoms with van der Waals surface area (Å²) >= 11 is 6.45. The van der Waals surface area contributed by atoms with Crippen molar-refractivity contribution in [3.05, 3.63) is 100 Å². The summed E-state index contributed by atoms with van der Waals surface area (Å²) in [6.07, 6.45) is 5.24. The molecule has 1 aliphatic heterocycles. The molecule has 0 N–H and O–H groups in total. The van der Waals surface area contributed by atoms with E-state index in [1.165, 1.54) is 11.3 Å². The molecule has 1 heterocycles. The molecule has 2 aliphatic rings. The highest BCUT2D eigenvalue weighted by molar-refractivity contribution is 6.33. The molecule has 0 unspecified atom stereocenters. The second kappa shape index (κ2) is 10.4. The lowest BCUT2D eigenvalue weighted by Crippen LogP contribution is -2.32. The molecule has 1 saturated carbocycles. The van der Waals surface area contributed by atoms with E-state index < -0.39 is 0 Å². The minimum Gasteiger partial charge on any atom is -0.378 e. The highest BCUT2D eigenvalue weighted by Gasteiger charge is 2.44. The van der Waals surface area contributed by atoms with E-state index >= 15 is 0 Å². The zero-order chi connectivity index (χ0) is 26.1.